The van der Waals surface area contributed by atoms with Crippen LogP contribution in [0.15, 0.2) is 23.1 Å². The summed E-state index contributed by atoms with van der Waals surface area (Å²) in [4.78, 5) is 11.9. The van der Waals surface area contributed by atoms with Gasteiger partial charge in [0.1, 0.15) is 0 Å². The first kappa shape index (κ1) is 24.2. The topological polar surface area (TPSA) is 93.7 Å². The molecule has 0 radical (unpaired) electrons. The van der Waals surface area contributed by atoms with Gasteiger partial charge in [0.25, 0.3) is 0 Å². The number of ether oxygens (including phenoxy) is 2. The van der Waals surface area contributed by atoms with Crippen molar-refractivity contribution in [3.8, 4) is 11.5 Å². The molecular formula is C20H34N2O5S. The highest BCUT2D eigenvalue weighted by Crippen LogP contribution is 2.29. The van der Waals surface area contributed by atoms with Crippen LogP contribution in [0.25, 0.3) is 0 Å². The molecule has 0 spiro atoms. The van der Waals surface area contributed by atoms with Crippen molar-refractivity contribution in [2.45, 2.75) is 63.2 Å². The molecule has 1 amide bonds. The molecule has 1 aromatic rings. The first-order chi connectivity index (χ1) is 13.4. The molecule has 0 aliphatic carbocycles. The molecular weight excluding hydrogens is 380 g/mol. The Morgan fingerprint density at radius 1 is 0.929 bits per heavy atom. The van der Waals surface area contributed by atoms with Gasteiger partial charge in [0.15, 0.2) is 11.5 Å². The maximum atomic E-state index is 12.3. The Labute approximate surface area is 169 Å². The molecule has 28 heavy (non-hydrogen) atoms. The van der Waals surface area contributed by atoms with Gasteiger partial charge in [-0.3, -0.25) is 4.79 Å². The lowest BCUT2D eigenvalue weighted by Gasteiger charge is -2.11. The molecule has 1 aromatic carbocycles. The predicted molar refractivity (Wildman–Crippen MR) is 110 cm³/mol. The Balaban J connectivity index is 2.29. The van der Waals surface area contributed by atoms with Gasteiger partial charge in [0.05, 0.1) is 19.1 Å². The van der Waals surface area contributed by atoms with Gasteiger partial charge >= 0.3 is 0 Å². The molecule has 0 aromatic heterocycles. The van der Waals surface area contributed by atoms with Crippen LogP contribution in [0.3, 0.4) is 0 Å². The number of nitrogens with one attached hydrogen (secondary N) is 2. The molecule has 8 heteroatoms. The fourth-order valence-electron chi connectivity index (χ4n) is 2.76. The zero-order chi connectivity index (χ0) is 20.8. The van der Waals surface area contributed by atoms with Crippen LogP contribution >= 0.6 is 0 Å². The smallest absolute Gasteiger partial charge is 0.240 e. The van der Waals surface area contributed by atoms with Crippen molar-refractivity contribution in [1.29, 1.82) is 0 Å². The summed E-state index contributed by atoms with van der Waals surface area (Å²) in [6, 6.07) is 4.36. The summed E-state index contributed by atoms with van der Waals surface area (Å²) in [5, 5.41) is 2.83. The molecule has 0 fully saturated rings. The average molecular weight is 415 g/mol. The van der Waals surface area contributed by atoms with Gasteiger partial charge in [0.2, 0.25) is 15.9 Å². The van der Waals surface area contributed by atoms with E-state index in [0.717, 1.165) is 12.8 Å². The Kier molecular flexibility index (Phi) is 11.6. The van der Waals surface area contributed by atoms with Gasteiger partial charge in [-0.1, -0.05) is 45.4 Å². The third-order valence-corrected chi connectivity index (χ3v) is 5.87. The SMILES string of the molecule is CCCCCCCCCNC(=O)CCNS(=O)(=O)c1ccc(OC)c(OC)c1. The molecule has 160 valence electrons. The van der Waals surface area contributed by atoms with Gasteiger partial charge in [-0.15, -0.1) is 0 Å². The van der Waals surface area contributed by atoms with Crippen molar-refractivity contribution in [3.63, 3.8) is 0 Å². The first-order valence-corrected chi connectivity index (χ1v) is 11.4. The quantitative estimate of drug-likeness (QED) is 0.430. The summed E-state index contributed by atoms with van der Waals surface area (Å²) in [7, 11) is -0.796. The minimum atomic E-state index is -3.72. The number of sulfonamides is 1. The summed E-state index contributed by atoms with van der Waals surface area (Å²) >= 11 is 0. The largest absolute Gasteiger partial charge is 0.493 e. The van der Waals surface area contributed by atoms with E-state index in [2.05, 4.69) is 17.0 Å². The number of carbonyl (C=O) groups is 1. The summed E-state index contributed by atoms with van der Waals surface area (Å²) < 4.78 is 37.4. The molecule has 2 N–H and O–H groups in total. The van der Waals surface area contributed by atoms with Gasteiger partial charge in [-0.05, 0) is 18.6 Å². The molecule has 0 atom stereocenters. The van der Waals surface area contributed by atoms with Crippen LogP contribution < -0.4 is 19.5 Å². The number of methoxy groups -OCH3 is 2. The Hall–Kier alpha value is -1.80. The molecule has 1 rings (SSSR count). The zero-order valence-corrected chi connectivity index (χ0v) is 18.1. The van der Waals surface area contributed by atoms with Gasteiger partial charge < -0.3 is 14.8 Å². The Morgan fingerprint density at radius 3 is 2.21 bits per heavy atom. The minimum Gasteiger partial charge on any atom is -0.493 e. The molecule has 0 unspecified atom stereocenters. The summed E-state index contributed by atoms with van der Waals surface area (Å²) in [6.07, 6.45) is 8.42. The van der Waals surface area contributed by atoms with Gasteiger partial charge in [-0.25, -0.2) is 13.1 Å². The van der Waals surface area contributed by atoms with E-state index in [4.69, 9.17) is 9.47 Å². The first-order valence-electron chi connectivity index (χ1n) is 9.93. The lowest BCUT2D eigenvalue weighted by molar-refractivity contribution is -0.120. The lowest BCUT2D eigenvalue weighted by Crippen LogP contribution is -2.31. The summed E-state index contributed by atoms with van der Waals surface area (Å²) in [6.45, 7) is 2.87. The third kappa shape index (κ3) is 8.93. The van der Waals surface area contributed by atoms with E-state index in [9.17, 15) is 13.2 Å². The van der Waals surface area contributed by atoms with Crippen LogP contribution in [-0.2, 0) is 14.8 Å². The van der Waals surface area contributed by atoms with E-state index in [1.54, 1.807) is 0 Å². The Morgan fingerprint density at radius 2 is 1.57 bits per heavy atom. The Bertz CT molecular complexity index is 692. The number of hydrogen-bond acceptors (Lipinski definition) is 5. The molecule has 0 aliphatic heterocycles. The predicted octanol–water partition coefficient (Wildman–Crippen LogP) is 3.24. The monoisotopic (exact) mass is 414 g/mol. The van der Waals surface area contributed by atoms with Crippen molar-refractivity contribution in [2.24, 2.45) is 0 Å². The van der Waals surface area contributed by atoms with Crippen LogP contribution in [0, 0.1) is 0 Å². The summed E-state index contributed by atoms with van der Waals surface area (Å²) in [5.74, 6) is 0.630. The van der Waals surface area contributed by atoms with E-state index < -0.39 is 10.0 Å². The molecule has 0 saturated heterocycles. The average Bonchev–Trinajstić information content (AvgIpc) is 2.69. The van der Waals surface area contributed by atoms with E-state index in [1.807, 2.05) is 0 Å². The van der Waals surface area contributed by atoms with Crippen LogP contribution in [0.1, 0.15) is 58.3 Å². The highest BCUT2D eigenvalue weighted by molar-refractivity contribution is 7.89. The lowest BCUT2D eigenvalue weighted by atomic mass is 10.1. The van der Waals surface area contributed by atoms with Gasteiger partial charge in [0, 0.05) is 25.6 Å². The number of rotatable bonds is 15. The van der Waals surface area contributed by atoms with Crippen molar-refractivity contribution in [3.05, 3.63) is 18.2 Å². The van der Waals surface area contributed by atoms with Crippen molar-refractivity contribution in [2.75, 3.05) is 27.3 Å². The number of carbonyl (C=O) groups excluding carboxylic acids is 1. The fourth-order valence-corrected chi connectivity index (χ4v) is 3.81. The van der Waals surface area contributed by atoms with E-state index in [-0.39, 0.29) is 23.8 Å². The van der Waals surface area contributed by atoms with Crippen molar-refractivity contribution in [1.82, 2.24) is 10.0 Å². The standard InChI is InChI=1S/C20H34N2O5S/c1-4-5-6-7-8-9-10-14-21-20(23)13-15-22-28(24,25)17-11-12-18(26-2)19(16-17)27-3/h11-12,16,22H,4-10,13-15H2,1-3H3,(H,21,23). The second kappa shape index (κ2) is 13.4. The number of hydrogen-bond donors (Lipinski definition) is 2. The second-order valence-electron chi connectivity index (χ2n) is 6.64. The number of unbranched alkanes of at least 4 members (excludes halogenated alkanes) is 6. The zero-order valence-electron chi connectivity index (χ0n) is 17.3. The fraction of sp³-hybridized carbons (Fsp3) is 0.650. The van der Waals surface area contributed by atoms with E-state index in [0.29, 0.717) is 18.0 Å². The van der Waals surface area contributed by atoms with Crippen LogP contribution in [0.2, 0.25) is 0 Å². The molecule has 7 nitrogen and oxygen atoms in total. The normalized spacial score (nSPS) is 11.2. The molecule has 0 aliphatic rings. The van der Waals surface area contributed by atoms with Crippen molar-refractivity contribution >= 4 is 15.9 Å². The number of amides is 1. The number of benzene rings is 1. The third-order valence-electron chi connectivity index (χ3n) is 4.41. The molecule has 0 bridgehead atoms. The summed E-state index contributed by atoms with van der Waals surface area (Å²) in [5.41, 5.74) is 0. The maximum absolute atomic E-state index is 12.3. The van der Waals surface area contributed by atoms with Crippen LogP contribution in [0.4, 0.5) is 0 Å². The van der Waals surface area contributed by atoms with E-state index in [1.165, 1.54) is 64.5 Å². The maximum Gasteiger partial charge on any atom is 0.240 e. The van der Waals surface area contributed by atoms with Crippen molar-refractivity contribution < 1.29 is 22.7 Å². The highest BCUT2D eigenvalue weighted by Gasteiger charge is 2.17. The molecule has 0 heterocycles. The second-order valence-corrected chi connectivity index (χ2v) is 8.40. The van der Waals surface area contributed by atoms with Crippen LogP contribution in [0.5, 0.6) is 11.5 Å². The van der Waals surface area contributed by atoms with Crippen LogP contribution in [-0.4, -0.2) is 41.6 Å². The van der Waals surface area contributed by atoms with Gasteiger partial charge in [-0.2, -0.15) is 0 Å². The highest BCUT2D eigenvalue weighted by atomic mass is 32.2. The van der Waals surface area contributed by atoms with E-state index >= 15 is 0 Å². The minimum absolute atomic E-state index is 0.0412. The molecule has 0 saturated carbocycles.